The van der Waals surface area contributed by atoms with E-state index in [0.29, 0.717) is 5.41 Å². The molecule has 1 aliphatic rings. The standard InChI is InChI=1S/C8H17N/c1-6(2)7(3)5-8(7,4)9/h6H,5,9H2,1-4H3. The van der Waals surface area contributed by atoms with Crippen molar-refractivity contribution in [3.05, 3.63) is 0 Å². The molecule has 0 bridgehead atoms. The maximum absolute atomic E-state index is 5.94. The van der Waals surface area contributed by atoms with Crippen LogP contribution in [0.4, 0.5) is 0 Å². The average molecular weight is 127 g/mol. The Balaban J connectivity index is 2.63. The Morgan fingerprint density at radius 1 is 1.33 bits per heavy atom. The van der Waals surface area contributed by atoms with Crippen molar-refractivity contribution >= 4 is 0 Å². The van der Waals surface area contributed by atoms with Crippen LogP contribution in [0.1, 0.15) is 34.1 Å². The predicted molar refractivity (Wildman–Crippen MR) is 40.2 cm³/mol. The molecule has 1 rings (SSSR count). The van der Waals surface area contributed by atoms with Gasteiger partial charge in [0.05, 0.1) is 0 Å². The molecule has 2 atom stereocenters. The van der Waals surface area contributed by atoms with Crippen LogP contribution in [0.15, 0.2) is 0 Å². The second-order valence-electron chi connectivity index (χ2n) is 4.17. The van der Waals surface area contributed by atoms with Crippen molar-refractivity contribution in [2.45, 2.75) is 39.7 Å². The van der Waals surface area contributed by atoms with Gasteiger partial charge in [0.1, 0.15) is 0 Å². The van der Waals surface area contributed by atoms with E-state index in [1.165, 1.54) is 6.42 Å². The Hall–Kier alpha value is -0.0400. The molecule has 1 aliphatic carbocycles. The van der Waals surface area contributed by atoms with Gasteiger partial charge in [-0.1, -0.05) is 20.8 Å². The molecule has 0 aliphatic heterocycles. The fourth-order valence-electron chi connectivity index (χ4n) is 1.58. The number of hydrogen-bond acceptors (Lipinski definition) is 1. The normalized spacial score (nSPS) is 50.0. The quantitative estimate of drug-likeness (QED) is 0.570. The number of hydrogen-bond donors (Lipinski definition) is 1. The number of rotatable bonds is 1. The van der Waals surface area contributed by atoms with E-state index in [1.807, 2.05) is 0 Å². The van der Waals surface area contributed by atoms with E-state index in [4.69, 9.17) is 5.73 Å². The van der Waals surface area contributed by atoms with Crippen molar-refractivity contribution in [3.63, 3.8) is 0 Å². The molecule has 1 saturated carbocycles. The molecule has 0 aromatic rings. The zero-order chi connectivity index (χ0) is 7.28. The Bertz CT molecular complexity index is 127. The highest BCUT2D eigenvalue weighted by Gasteiger charge is 2.59. The second-order valence-corrected chi connectivity index (χ2v) is 4.17. The van der Waals surface area contributed by atoms with E-state index in [-0.39, 0.29) is 5.54 Å². The van der Waals surface area contributed by atoms with Crippen molar-refractivity contribution in [1.29, 1.82) is 0 Å². The van der Waals surface area contributed by atoms with Gasteiger partial charge in [-0.3, -0.25) is 0 Å². The summed E-state index contributed by atoms with van der Waals surface area (Å²) < 4.78 is 0. The molecule has 0 heterocycles. The third-order valence-electron chi connectivity index (χ3n) is 3.19. The van der Waals surface area contributed by atoms with E-state index >= 15 is 0 Å². The van der Waals surface area contributed by atoms with Crippen LogP contribution in [0.5, 0.6) is 0 Å². The van der Waals surface area contributed by atoms with Gasteiger partial charge in [0, 0.05) is 5.54 Å². The summed E-state index contributed by atoms with van der Waals surface area (Å²) in [5.41, 5.74) is 6.49. The zero-order valence-corrected chi connectivity index (χ0v) is 6.86. The van der Waals surface area contributed by atoms with Crippen molar-refractivity contribution in [3.8, 4) is 0 Å². The molecule has 0 aromatic carbocycles. The fraction of sp³-hybridized carbons (Fsp3) is 1.00. The Morgan fingerprint density at radius 2 is 1.67 bits per heavy atom. The maximum Gasteiger partial charge on any atom is 0.0189 e. The summed E-state index contributed by atoms with van der Waals surface area (Å²) in [6.07, 6.45) is 1.19. The monoisotopic (exact) mass is 127 g/mol. The van der Waals surface area contributed by atoms with Crippen LogP contribution in [-0.2, 0) is 0 Å². The summed E-state index contributed by atoms with van der Waals surface area (Å²) in [6, 6.07) is 0. The minimum Gasteiger partial charge on any atom is -0.325 e. The lowest BCUT2D eigenvalue weighted by molar-refractivity contribution is 0.344. The smallest absolute Gasteiger partial charge is 0.0189 e. The largest absolute Gasteiger partial charge is 0.325 e. The highest BCUT2D eigenvalue weighted by Crippen LogP contribution is 2.58. The van der Waals surface area contributed by atoms with Crippen molar-refractivity contribution in [1.82, 2.24) is 0 Å². The first-order chi connectivity index (χ1) is 3.90. The fourth-order valence-corrected chi connectivity index (χ4v) is 1.58. The SMILES string of the molecule is CC(C)C1(C)CC1(C)N. The van der Waals surface area contributed by atoms with Crippen LogP contribution in [0.25, 0.3) is 0 Å². The molecule has 2 N–H and O–H groups in total. The molecule has 0 spiro atoms. The Kier molecular flexibility index (Phi) is 1.19. The lowest BCUT2D eigenvalue weighted by Gasteiger charge is -2.18. The van der Waals surface area contributed by atoms with E-state index in [9.17, 15) is 0 Å². The van der Waals surface area contributed by atoms with Crippen molar-refractivity contribution in [2.75, 3.05) is 0 Å². The lowest BCUT2D eigenvalue weighted by atomic mass is 9.90. The molecular formula is C8H17N. The molecular weight excluding hydrogens is 110 g/mol. The molecule has 1 fully saturated rings. The molecule has 0 radical (unpaired) electrons. The van der Waals surface area contributed by atoms with Gasteiger partial charge in [-0.05, 0) is 24.7 Å². The van der Waals surface area contributed by atoms with Crippen LogP contribution >= 0.6 is 0 Å². The van der Waals surface area contributed by atoms with Gasteiger partial charge in [0.2, 0.25) is 0 Å². The van der Waals surface area contributed by atoms with Crippen LogP contribution in [-0.4, -0.2) is 5.54 Å². The van der Waals surface area contributed by atoms with Gasteiger partial charge in [-0.25, -0.2) is 0 Å². The molecule has 0 amide bonds. The molecule has 1 nitrogen and oxygen atoms in total. The predicted octanol–water partition coefficient (Wildman–Crippen LogP) is 1.77. The topological polar surface area (TPSA) is 26.0 Å². The van der Waals surface area contributed by atoms with Crippen LogP contribution in [0.2, 0.25) is 0 Å². The summed E-state index contributed by atoms with van der Waals surface area (Å²) >= 11 is 0. The van der Waals surface area contributed by atoms with Gasteiger partial charge in [0.25, 0.3) is 0 Å². The minimum absolute atomic E-state index is 0.126. The van der Waals surface area contributed by atoms with Gasteiger partial charge in [-0.15, -0.1) is 0 Å². The molecule has 1 heteroatoms. The highest BCUT2D eigenvalue weighted by molar-refractivity contribution is 5.15. The summed E-state index contributed by atoms with van der Waals surface area (Å²) in [6.45, 7) is 8.92. The van der Waals surface area contributed by atoms with Crippen LogP contribution < -0.4 is 5.73 Å². The first-order valence-corrected chi connectivity index (χ1v) is 3.69. The van der Waals surface area contributed by atoms with E-state index < -0.39 is 0 Å². The zero-order valence-electron chi connectivity index (χ0n) is 6.86. The van der Waals surface area contributed by atoms with Gasteiger partial charge < -0.3 is 5.73 Å². The maximum atomic E-state index is 5.94. The van der Waals surface area contributed by atoms with Gasteiger partial charge in [-0.2, -0.15) is 0 Å². The second kappa shape index (κ2) is 1.51. The van der Waals surface area contributed by atoms with Crippen molar-refractivity contribution in [2.24, 2.45) is 17.1 Å². The van der Waals surface area contributed by atoms with E-state index in [2.05, 4.69) is 27.7 Å². The molecule has 0 saturated heterocycles. The molecule has 54 valence electrons. The Morgan fingerprint density at radius 3 is 1.67 bits per heavy atom. The van der Waals surface area contributed by atoms with Crippen LogP contribution in [0, 0.1) is 11.3 Å². The summed E-state index contributed by atoms with van der Waals surface area (Å²) in [7, 11) is 0. The molecule has 9 heavy (non-hydrogen) atoms. The van der Waals surface area contributed by atoms with Crippen molar-refractivity contribution < 1.29 is 0 Å². The third kappa shape index (κ3) is 0.787. The summed E-state index contributed by atoms with van der Waals surface area (Å²) in [5.74, 6) is 0.729. The molecule has 0 aromatic heterocycles. The summed E-state index contributed by atoms with van der Waals surface area (Å²) in [5, 5.41) is 0. The minimum atomic E-state index is 0.126. The first kappa shape index (κ1) is 7.07. The van der Waals surface area contributed by atoms with Crippen LogP contribution in [0.3, 0.4) is 0 Å². The third-order valence-corrected chi connectivity index (χ3v) is 3.19. The lowest BCUT2D eigenvalue weighted by Crippen LogP contribution is -2.28. The number of nitrogens with two attached hydrogens (primary N) is 1. The molecule has 2 unspecified atom stereocenters. The van der Waals surface area contributed by atoms with Gasteiger partial charge in [0.15, 0.2) is 0 Å². The first-order valence-electron chi connectivity index (χ1n) is 3.69. The Labute approximate surface area is 57.6 Å². The van der Waals surface area contributed by atoms with E-state index in [1.54, 1.807) is 0 Å². The van der Waals surface area contributed by atoms with Gasteiger partial charge >= 0.3 is 0 Å². The highest BCUT2D eigenvalue weighted by atomic mass is 14.9. The average Bonchev–Trinajstić information content (AvgIpc) is 2.08. The van der Waals surface area contributed by atoms with E-state index in [0.717, 1.165) is 5.92 Å². The summed E-state index contributed by atoms with van der Waals surface area (Å²) in [4.78, 5) is 0.